The molecule has 0 aliphatic rings. The number of hydrogen-bond donors (Lipinski definition) is 2. The second-order valence-electron chi connectivity index (χ2n) is 4.93. The second-order valence-corrected chi connectivity index (χ2v) is 5.34. The van der Waals surface area contributed by atoms with E-state index >= 15 is 0 Å². The predicted octanol–water partition coefficient (Wildman–Crippen LogP) is 4.51. The van der Waals surface area contributed by atoms with E-state index in [1.54, 1.807) is 18.3 Å². The number of aromatic nitrogens is 1. The maximum absolute atomic E-state index is 9.83. The monoisotopic (exact) mass is 298 g/mol. The summed E-state index contributed by atoms with van der Waals surface area (Å²) in [5.41, 5.74) is 3.64. The fourth-order valence-corrected chi connectivity index (χ4v) is 2.74. The fourth-order valence-electron chi connectivity index (χ4n) is 2.40. The molecule has 0 fully saturated rings. The Hall–Kier alpha value is -2.26. The van der Waals surface area contributed by atoms with E-state index < -0.39 is 0 Å². The molecule has 0 aliphatic carbocycles. The van der Waals surface area contributed by atoms with Gasteiger partial charge in [0.25, 0.3) is 0 Å². The first-order valence-electron chi connectivity index (χ1n) is 6.71. The van der Waals surface area contributed by atoms with E-state index in [0.717, 1.165) is 27.7 Å². The molecule has 1 aromatic heterocycles. The molecule has 2 N–H and O–H groups in total. The van der Waals surface area contributed by atoms with Crippen molar-refractivity contribution in [1.82, 2.24) is 4.98 Å². The number of benzene rings is 2. The molecular weight excluding hydrogens is 284 g/mol. The zero-order valence-corrected chi connectivity index (χ0v) is 12.4. The van der Waals surface area contributed by atoms with Gasteiger partial charge in [-0.15, -0.1) is 0 Å². The molecule has 0 aliphatic heterocycles. The molecule has 3 aromatic rings. The number of fused-ring (bicyclic) bond motifs is 1. The number of phenolic OH excluding ortho intramolecular Hbond substituents is 1. The Labute approximate surface area is 128 Å². The Balaban J connectivity index is 1.99. The highest BCUT2D eigenvalue weighted by Gasteiger charge is 2.10. The lowest BCUT2D eigenvalue weighted by molar-refractivity contribution is 0.469. The molecule has 0 saturated heterocycles. The summed E-state index contributed by atoms with van der Waals surface area (Å²) in [7, 11) is 0. The van der Waals surface area contributed by atoms with Gasteiger partial charge in [0.05, 0.1) is 16.2 Å². The Kier molecular flexibility index (Phi) is 3.67. The minimum absolute atomic E-state index is 0.274. The molecule has 0 unspecified atom stereocenters. The molecule has 0 atom stereocenters. The van der Waals surface area contributed by atoms with Crippen molar-refractivity contribution in [3.05, 3.63) is 64.8 Å². The van der Waals surface area contributed by atoms with Crippen molar-refractivity contribution < 1.29 is 5.11 Å². The summed E-state index contributed by atoms with van der Waals surface area (Å²) in [6, 6.07) is 13.0. The van der Waals surface area contributed by atoms with Crippen molar-refractivity contribution in [3.63, 3.8) is 0 Å². The number of para-hydroxylation sites is 1. The summed E-state index contributed by atoms with van der Waals surface area (Å²) in [5.74, 6) is 0.274. The molecule has 0 amide bonds. The normalized spacial score (nSPS) is 10.8. The standard InChI is InChI=1S/C17H15ClN2O/c1-11-9-14(18)17(13-6-4-8-19-16(11)13)20-10-12-5-2-3-7-15(12)21/h2-9,20-21H,10H2,1H3. The van der Waals surface area contributed by atoms with Crippen molar-refractivity contribution in [1.29, 1.82) is 0 Å². The largest absolute Gasteiger partial charge is 0.508 e. The van der Waals surface area contributed by atoms with Gasteiger partial charge in [0.15, 0.2) is 0 Å². The molecule has 1 heterocycles. The Morgan fingerprint density at radius 2 is 2.00 bits per heavy atom. The van der Waals surface area contributed by atoms with Crippen molar-refractivity contribution in [2.75, 3.05) is 5.32 Å². The Morgan fingerprint density at radius 1 is 1.19 bits per heavy atom. The first-order chi connectivity index (χ1) is 10.2. The number of aryl methyl sites for hydroxylation is 1. The van der Waals surface area contributed by atoms with E-state index in [4.69, 9.17) is 11.6 Å². The van der Waals surface area contributed by atoms with Gasteiger partial charge in [-0.2, -0.15) is 0 Å². The third-order valence-corrected chi connectivity index (χ3v) is 3.78. The van der Waals surface area contributed by atoms with Crippen LogP contribution in [0.1, 0.15) is 11.1 Å². The van der Waals surface area contributed by atoms with Gasteiger partial charge >= 0.3 is 0 Å². The van der Waals surface area contributed by atoms with Gasteiger partial charge in [-0.1, -0.05) is 29.8 Å². The molecule has 3 nitrogen and oxygen atoms in total. The van der Waals surface area contributed by atoms with Crippen LogP contribution in [0.15, 0.2) is 48.7 Å². The number of anilines is 1. The summed E-state index contributed by atoms with van der Waals surface area (Å²) in [4.78, 5) is 4.41. The maximum atomic E-state index is 9.83. The number of phenols is 1. The van der Waals surface area contributed by atoms with Gasteiger partial charge in [-0.3, -0.25) is 4.98 Å². The van der Waals surface area contributed by atoms with Crippen molar-refractivity contribution in [2.45, 2.75) is 13.5 Å². The molecule has 0 radical (unpaired) electrons. The molecular formula is C17H15ClN2O. The minimum Gasteiger partial charge on any atom is -0.508 e. The summed E-state index contributed by atoms with van der Waals surface area (Å²) in [6.07, 6.45) is 1.77. The molecule has 21 heavy (non-hydrogen) atoms. The van der Waals surface area contributed by atoms with Crippen LogP contribution in [-0.4, -0.2) is 10.1 Å². The number of pyridine rings is 1. The van der Waals surface area contributed by atoms with E-state index in [-0.39, 0.29) is 5.75 Å². The van der Waals surface area contributed by atoms with E-state index in [9.17, 15) is 5.11 Å². The van der Waals surface area contributed by atoms with Crippen LogP contribution in [0.5, 0.6) is 5.75 Å². The zero-order chi connectivity index (χ0) is 14.8. The third kappa shape index (κ3) is 2.65. The minimum atomic E-state index is 0.274. The van der Waals surface area contributed by atoms with E-state index in [1.165, 1.54) is 0 Å². The highest BCUT2D eigenvalue weighted by Crippen LogP contribution is 2.33. The highest BCUT2D eigenvalue weighted by atomic mass is 35.5. The number of nitrogens with zero attached hydrogens (tertiary/aromatic N) is 1. The number of rotatable bonds is 3. The van der Waals surface area contributed by atoms with Gasteiger partial charge in [0.1, 0.15) is 5.75 Å². The number of aromatic hydroxyl groups is 1. The summed E-state index contributed by atoms with van der Waals surface area (Å²) in [5, 5.41) is 14.8. The molecule has 0 bridgehead atoms. The molecule has 106 valence electrons. The third-order valence-electron chi connectivity index (χ3n) is 3.48. The predicted molar refractivity (Wildman–Crippen MR) is 86.9 cm³/mol. The van der Waals surface area contributed by atoms with E-state index in [2.05, 4.69) is 10.3 Å². The van der Waals surface area contributed by atoms with Crippen LogP contribution in [0.4, 0.5) is 5.69 Å². The first-order valence-corrected chi connectivity index (χ1v) is 7.09. The quantitative estimate of drug-likeness (QED) is 0.747. The van der Waals surface area contributed by atoms with Gasteiger partial charge < -0.3 is 10.4 Å². The van der Waals surface area contributed by atoms with Crippen LogP contribution < -0.4 is 5.32 Å². The highest BCUT2D eigenvalue weighted by molar-refractivity contribution is 6.35. The lowest BCUT2D eigenvalue weighted by Crippen LogP contribution is -2.02. The van der Waals surface area contributed by atoms with Gasteiger partial charge in [-0.25, -0.2) is 0 Å². The zero-order valence-electron chi connectivity index (χ0n) is 11.6. The SMILES string of the molecule is Cc1cc(Cl)c(NCc2ccccc2O)c2cccnc12. The maximum Gasteiger partial charge on any atom is 0.120 e. The lowest BCUT2D eigenvalue weighted by atomic mass is 10.1. The Morgan fingerprint density at radius 3 is 2.81 bits per heavy atom. The summed E-state index contributed by atoms with van der Waals surface area (Å²) in [6.45, 7) is 2.49. The topological polar surface area (TPSA) is 45.1 Å². The second kappa shape index (κ2) is 5.62. The first kappa shape index (κ1) is 13.7. The van der Waals surface area contributed by atoms with Crippen LogP contribution in [0.3, 0.4) is 0 Å². The number of hydrogen-bond acceptors (Lipinski definition) is 3. The Bertz CT molecular complexity index is 802. The molecule has 0 spiro atoms. The fraction of sp³-hybridized carbons (Fsp3) is 0.118. The van der Waals surface area contributed by atoms with Crippen LogP contribution in [0.2, 0.25) is 5.02 Å². The molecule has 3 rings (SSSR count). The van der Waals surface area contributed by atoms with Crippen LogP contribution in [0, 0.1) is 6.92 Å². The van der Waals surface area contributed by atoms with Gasteiger partial charge in [0.2, 0.25) is 0 Å². The van der Waals surface area contributed by atoms with E-state index in [0.29, 0.717) is 11.6 Å². The van der Waals surface area contributed by atoms with Gasteiger partial charge in [0, 0.05) is 23.7 Å². The number of halogens is 1. The van der Waals surface area contributed by atoms with E-state index in [1.807, 2.05) is 37.3 Å². The number of nitrogens with one attached hydrogen (secondary N) is 1. The van der Waals surface area contributed by atoms with Crippen LogP contribution in [0.25, 0.3) is 10.9 Å². The molecule has 4 heteroatoms. The van der Waals surface area contributed by atoms with Crippen molar-refractivity contribution in [2.24, 2.45) is 0 Å². The summed E-state index contributed by atoms with van der Waals surface area (Å²) >= 11 is 6.36. The molecule has 2 aromatic carbocycles. The van der Waals surface area contributed by atoms with Crippen LogP contribution in [-0.2, 0) is 6.54 Å². The average molecular weight is 299 g/mol. The summed E-state index contributed by atoms with van der Waals surface area (Å²) < 4.78 is 0. The van der Waals surface area contributed by atoms with Crippen LogP contribution >= 0.6 is 11.6 Å². The smallest absolute Gasteiger partial charge is 0.120 e. The van der Waals surface area contributed by atoms with Crippen molar-refractivity contribution in [3.8, 4) is 5.75 Å². The average Bonchev–Trinajstić information content (AvgIpc) is 2.49. The lowest BCUT2D eigenvalue weighted by Gasteiger charge is -2.13. The van der Waals surface area contributed by atoms with Crippen molar-refractivity contribution >= 4 is 28.2 Å². The van der Waals surface area contributed by atoms with Gasteiger partial charge in [-0.05, 0) is 36.8 Å². The molecule has 0 saturated carbocycles.